The van der Waals surface area contributed by atoms with Gasteiger partial charge in [0.25, 0.3) is 0 Å². The first-order valence-electron chi connectivity index (χ1n) is 6.67. The fourth-order valence-electron chi connectivity index (χ4n) is 1.96. The molecular formula is C15H19N3O2. The van der Waals surface area contributed by atoms with E-state index >= 15 is 0 Å². The number of hydrogen-bond acceptors (Lipinski definition) is 5. The summed E-state index contributed by atoms with van der Waals surface area (Å²) in [5.74, 6) is 1.39. The molecule has 0 aliphatic carbocycles. The highest BCUT2D eigenvalue weighted by Gasteiger charge is 2.02. The van der Waals surface area contributed by atoms with Gasteiger partial charge in [-0.15, -0.1) is 0 Å². The number of anilines is 1. The number of aromatic nitrogens is 2. The topological polar surface area (TPSA) is 78.3 Å². The molecular weight excluding hydrogens is 254 g/mol. The van der Waals surface area contributed by atoms with Crippen LogP contribution in [0.3, 0.4) is 0 Å². The standard InChI is InChI=1S/C15H19N3O2/c1-3-12-9-15(18-10(2)17-12)16-7-6-11-4-5-13(19)14(20)8-11/h4-5,8-9,19-20H,3,6-7H2,1-2H3,(H,16,17,18). The molecule has 0 unspecified atom stereocenters. The molecule has 0 atom stereocenters. The van der Waals surface area contributed by atoms with Gasteiger partial charge in [-0.3, -0.25) is 0 Å². The zero-order valence-corrected chi connectivity index (χ0v) is 11.7. The molecule has 106 valence electrons. The van der Waals surface area contributed by atoms with Crippen molar-refractivity contribution in [1.82, 2.24) is 9.97 Å². The molecule has 1 aromatic carbocycles. The minimum Gasteiger partial charge on any atom is -0.504 e. The Labute approximate surface area is 118 Å². The van der Waals surface area contributed by atoms with Gasteiger partial charge < -0.3 is 15.5 Å². The summed E-state index contributed by atoms with van der Waals surface area (Å²) in [4.78, 5) is 8.66. The van der Waals surface area contributed by atoms with E-state index in [1.54, 1.807) is 12.1 Å². The lowest BCUT2D eigenvalue weighted by molar-refractivity contribution is 0.403. The molecule has 0 aliphatic rings. The van der Waals surface area contributed by atoms with Gasteiger partial charge in [-0.25, -0.2) is 9.97 Å². The maximum atomic E-state index is 9.43. The average Bonchev–Trinajstić information content (AvgIpc) is 2.42. The van der Waals surface area contributed by atoms with Gasteiger partial charge in [-0.1, -0.05) is 13.0 Å². The third-order valence-electron chi connectivity index (χ3n) is 3.01. The molecule has 0 amide bonds. The number of rotatable bonds is 5. The Morgan fingerprint density at radius 3 is 2.60 bits per heavy atom. The average molecular weight is 273 g/mol. The quantitative estimate of drug-likeness (QED) is 0.729. The van der Waals surface area contributed by atoms with Crippen molar-refractivity contribution >= 4 is 5.82 Å². The van der Waals surface area contributed by atoms with Gasteiger partial charge in [0, 0.05) is 18.3 Å². The van der Waals surface area contributed by atoms with E-state index in [4.69, 9.17) is 0 Å². The van der Waals surface area contributed by atoms with Crippen LogP contribution in [0, 0.1) is 6.92 Å². The van der Waals surface area contributed by atoms with Gasteiger partial charge >= 0.3 is 0 Å². The molecule has 5 heteroatoms. The minimum atomic E-state index is -0.0966. The van der Waals surface area contributed by atoms with Crippen LogP contribution < -0.4 is 5.32 Å². The molecule has 0 fully saturated rings. The summed E-state index contributed by atoms with van der Waals surface area (Å²) in [6.45, 7) is 4.64. The number of hydrogen-bond donors (Lipinski definition) is 3. The van der Waals surface area contributed by atoms with Crippen LogP contribution in [0.1, 0.15) is 24.0 Å². The van der Waals surface area contributed by atoms with Crippen molar-refractivity contribution in [2.45, 2.75) is 26.7 Å². The molecule has 0 aliphatic heterocycles. The maximum absolute atomic E-state index is 9.43. The van der Waals surface area contributed by atoms with E-state index in [0.29, 0.717) is 6.54 Å². The third-order valence-corrected chi connectivity index (χ3v) is 3.01. The normalized spacial score (nSPS) is 10.5. The maximum Gasteiger partial charge on any atom is 0.157 e. The number of nitrogens with one attached hydrogen (secondary N) is 1. The number of nitrogens with zero attached hydrogens (tertiary/aromatic N) is 2. The summed E-state index contributed by atoms with van der Waals surface area (Å²) in [5, 5.41) is 21.9. The molecule has 1 aromatic heterocycles. The van der Waals surface area contributed by atoms with Crippen LogP contribution in [0.15, 0.2) is 24.3 Å². The van der Waals surface area contributed by atoms with E-state index in [1.165, 1.54) is 6.07 Å². The lowest BCUT2D eigenvalue weighted by Gasteiger charge is -2.08. The fraction of sp³-hybridized carbons (Fsp3) is 0.333. The van der Waals surface area contributed by atoms with Crippen LogP contribution in [0.4, 0.5) is 5.82 Å². The van der Waals surface area contributed by atoms with Gasteiger partial charge in [-0.2, -0.15) is 0 Å². The minimum absolute atomic E-state index is 0.0892. The van der Waals surface area contributed by atoms with Gasteiger partial charge in [0.05, 0.1) is 0 Å². The van der Waals surface area contributed by atoms with Gasteiger partial charge in [0.1, 0.15) is 11.6 Å². The van der Waals surface area contributed by atoms with E-state index in [-0.39, 0.29) is 11.5 Å². The van der Waals surface area contributed by atoms with Crippen molar-refractivity contribution in [3.05, 3.63) is 41.3 Å². The Hall–Kier alpha value is -2.30. The highest BCUT2D eigenvalue weighted by Crippen LogP contribution is 2.24. The molecule has 20 heavy (non-hydrogen) atoms. The Morgan fingerprint density at radius 1 is 1.10 bits per heavy atom. The Morgan fingerprint density at radius 2 is 1.90 bits per heavy atom. The van der Waals surface area contributed by atoms with E-state index in [2.05, 4.69) is 22.2 Å². The summed E-state index contributed by atoms with van der Waals surface area (Å²) >= 11 is 0. The number of aromatic hydroxyl groups is 2. The van der Waals surface area contributed by atoms with Crippen LogP contribution in [-0.2, 0) is 12.8 Å². The van der Waals surface area contributed by atoms with Gasteiger partial charge in [0.15, 0.2) is 11.5 Å². The summed E-state index contributed by atoms with van der Waals surface area (Å²) in [7, 11) is 0. The molecule has 1 heterocycles. The lowest BCUT2D eigenvalue weighted by atomic mass is 10.1. The van der Waals surface area contributed by atoms with Crippen LogP contribution in [0.25, 0.3) is 0 Å². The molecule has 5 nitrogen and oxygen atoms in total. The summed E-state index contributed by atoms with van der Waals surface area (Å²) in [6.07, 6.45) is 1.61. The van der Waals surface area contributed by atoms with Crippen molar-refractivity contribution < 1.29 is 10.2 Å². The van der Waals surface area contributed by atoms with Crippen molar-refractivity contribution in [3.63, 3.8) is 0 Å². The molecule has 0 spiro atoms. The van der Waals surface area contributed by atoms with Crippen molar-refractivity contribution in [1.29, 1.82) is 0 Å². The monoisotopic (exact) mass is 273 g/mol. The van der Waals surface area contributed by atoms with Crippen LogP contribution in [0.5, 0.6) is 11.5 Å². The first-order valence-corrected chi connectivity index (χ1v) is 6.67. The molecule has 0 bridgehead atoms. The van der Waals surface area contributed by atoms with Crippen LogP contribution in [-0.4, -0.2) is 26.7 Å². The SMILES string of the molecule is CCc1cc(NCCc2ccc(O)c(O)c2)nc(C)n1. The molecule has 0 radical (unpaired) electrons. The fourth-order valence-corrected chi connectivity index (χ4v) is 1.96. The number of benzene rings is 1. The molecule has 2 rings (SSSR count). The van der Waals surface area contributed by atoms with Crippen LogP contribution in [0.2, 0.25) is 0 Å². The Kier molecular flexibility index (Phi) is 4.40. The smallest absolute Gasteiger partial charge is 0.157 e. The summed E-state index contributed by atoms with van der Waals surface area (Å²) in [6, 6.07) is 6.80. The van der Waals surface area contributed by atoms with Crippen LogP contribution >= 0.6 is 0 Å². The Balaban J connectivity index is 1.95. The van der Waals surface area contributed by atoms with Crippen molar-refractivity contribution in [2.75, 3.05) is 11.9 Å². The van der Waals surface area contributed by atoms with Gasteiger partial charge in [0.2, 0.25) is 0 Å². The van der Waals surface area contributed by atoms with E-state index < -0.39 is 0 Å². The third kappa shape index (κ3) is 3.60. The predicted molar refractivity (Wildman–Crippen MR) is 78.1 cm³/mol. The van der Waals surface area contributed by atoms with E-state index in [1.807, 2.05) is 13.0 Å². The zero-order valence-electron chi connectivity index (χ0n) is 11.7. The van der Waals surface area contributed by atoms with Crippen molar-refractivity contribution in [3.8, 4) is 11.5 Å². The zero-order chi connectivity index (χ0) is 14.5. The Bertz CT molecular complexity index is 600. The number of aryl methyl sites for hydroxylation is 2. The second kappa shape index (κ2) is 6.23. The first-order chi connectivity index (χ1) is 9.58. The number of phenolic OH excluding ortho intramolecular Hbond substituents is 2. The van der Waals surface area contributed by atoms with Gasteiger partial charge in [-0.05, 0) is 37.5 Å². The highest BCUT2D eigenvalue weighted by molar-refractivity contribution is 5.41. The first kappa shape index (κ1) is 14.1. The molecule has 0 saturated carbocycles. The summed E-state index contributed by atoms with van der Waals surface area (Å²) in [5.41, 5.74) is 1.97. The number of phenols is 2. The lowest BCUT2D eigenvalue weighted by Crippen LogP contribution is -2.08. The second-order valence-corrected chi connectivity index (χ2v) is 4.65. The van der Waals surface area contributed by atoms with E-state index in [9.17, 15) is 10.2 Å². The molecule has 0 saturated heterocycles. The highest BCUT2D eigenvalue weighted by atomic mass is 16.3. The summed E-state index contributed by atoms with van der Waals surface area (Å²) < 4.78 is 0. The molecule has 3 N–H and O–H groups in total. The molecule has 2 aromatic rings. The largest absolute Gasteiger partial charge is 0.504 e. The van der Waals surface area contributed by atoms with Crippen molar-refractivity contribution in [2.24, 2.45) is 0 Å². The van der Waals surface area contributed by atoms with E-state index in [0.717, 1.165) is 35.7 Å². The second-order valence-electron chi connectivity index (χ2n) is 4.65. The predicted octanol–water partition coefficient (Wildman–Crippen LogP) is 2.41.